The van der Waals surface area contributed by atoms with Gasteiger partial charge in [0, 0.05) is 12.1 Å². The van der Waals surface area contributed by atoms with E-state index in [4.69, 9.17) is 0 Å². The second kappa shape index (κ2) is 6.33. The van der Waals surface area contributed by atoms with Crippen molar-refractivity contribution in [2.75, 3.05) is 17.2 Å². The van der Waals surface area contributed by atoms with Gasteiger partial charge in [-0.25, -0.2) is 0 Å². The highest BCUT2D eigenvalue weighted by Gasteiger charge is 2.28. The highest BCUT2D eigenvalue weighted by molar-refractivity contribution is 5.76. The van der Waals surface area contributed by atoms with Crippen molar-refractivity contribution in [2.24, 2.45) is 5.41 Å². The van der Waals surface area contributed by atoms with Crippen molar-refractivity contribution in [3.63, 3.8) is 0 Å². The van der Waals surface area contributed by atoms with Gasteiger partial charge in [0.2, 0.25) is 0 Å². The van der Waals surface area contributed by atoms with E-state index in [0.717, 1.165) is 6.42 Å². The van der Waals surface area contributed by atoms with E-state index in [0.29, 0.717) is 17.9 Å². The Morgan fingerprint density at radius 2 is 1.71 bits per heavy atom. The predicted octanol–water partition coefficient (Wildman–Crippen LogP) is 4.65. The van der Waals surface area contributed by atoms with Gasteiger partial charge in [-0.05, 0) is 44.7 Å². The lowest BCUT2D eigenvalue weighted by Gasteiger charge is -2.34. The normalized spacial score (nSPS) is 12.1. The molecule has 0 amide bonds. The van der Waals surface area contributed by atoms with Gasteiger partial charge in [-0.15, -0.1) is 0 Å². The summed E-state index contributed by atoms with van der Waals surface area (Å²) in [5.74, 6) is 0. The average Bonchev–Trinajstić information content (AvgIpc) is 2.24. The van der Waals surface area contributed by atoms with E-state index in [9.17, 15) is 10.1 Å². The maximum absolute atomic E-state index is 11.4. The third kappa shape index (κ3) is 5.25. The van der Waals surface area contributed by atoms with Gasteiger partial charge < -0.3 is 10.6 Å². The minimum Gasteiger partial charge on any atom is -0.380 e. The molecule has 0 radical (unpaired) electrons. The van der Waals surface area contributed by atoms with Crippen LogP contribution in [0, 0.1) is 15.5 Å². The molecule has 0 atom stereocenters. The van der Waals surface area contributed by atoms with Crippen LogP contribution < -0.4 is 10.6 Å². The van der Waals surface area contributed by atoms with Crippen LogP contribution in [0.15, 0.2) is 18.2 Å². The first kappa shape index (κ1) is 17.3. The molecule has 1 aromatic rings. The molecular formula is C16H27N3O2. The fraction of sp³-hybridized carbons (Fsp3) is 0.625. The number of rotatable bonds is 6. The second-order valence-corrected chi connectivity index (χ2v) is 7.24. The number of para-hydroxylation sites is 1. The van der Waals surface area contributed by atoms with Crippen LogP contribution in [0.2, 0.25) is 0 Å². The quantitative estimate of drug-likeness (QED) is 0.591. The van der Waals surface area contributed by atoms with E-state index in [1.54, 1.807) is 12.1 Å². The van der Waals surface area contributed by atoms with Gasteiger partial charge in [0.15, 0.2) is 0 Å². The monoisotopic (exact) mass is 293 g/mol. The molecule has 0 saturated carbocycles. The number of nitrogens with zero attached hydrogens (tertiary/aromatic N) is 1. The Hall–Kier alpha value is -1.78. The molecule has 0 aromatic heterocycles. The summed E-state index contributed by atoms with van der Waals surface area (Å²) in [6, 6.07) is 5.34. The van der Waals surface area contributed by atoms with Crippen molar-refractivity contribution in [3.05, 3.63) is 28.3 Å². The summed E-state index contributed by atoms with van der Waals surface area (Å²) < 4.78 is 0. The van der Waals surface area contributed by atoms with Gasteiger partial charge in [0.1, 0.15) is 11.4 Å². The molecule has 0 aliphatic heterocycles. The van der Waals surface area contributed by atoms with Crippen LogP contribution in [-0.4, -0.2) is 17.0 Å². The standard InChI is InChI=1S/C16H27N3O2/c1-7-17-12-9-8-10-13(14(12)19(20)21)18-16(5,6)11-15(2,3)4/h8-10,17-18H,7,11H2,1-6H3. The first-order valence-corrected chi connectivity index (χ1v) is 7.35. The Morgan fingerprint density at radius 1 is 1.14 bits per heavy atom. The first-order valence-electron chi connectivity index (χ1n) is 7.35. The lowest BCUT2D eigenvalue weighted by molar-refractivity contribution is -0.383. The minimum atomic E-state index is -0.326. The van der Waals surface area contributed by atoms with Crippen molar-refractivity contribution in [1.82, 2.24) is 0 Å². The van der Waals surface area contributed by atoms with Gasteiger partial charge in [0.25, 0.3) is 0 Å². The van der Waals surface area contributed by atoms with E-state index in [1.807, 2.05) is 13.0 Å². The van der Waals surface area contributed by atoms with Crippen molar-refractivity contribution in [2.45, 2.75) is 53.5 Å². The smallest absolute Gasteiger partial charge is 0.315 e. The topological polar surface area (TPSA) is 67.2 Å². The van der Waals surface area contributed by atoms with Crippen LogP contribution in [0.3, 0.4) is 0 Å². The molecule has 2 N–H and O–H groups in total. The van der Waals surface area contributed by atoms with E-state index in [2.05, 4.69) is 45.3 Å². The van der Waals surface area contributed by atoms with Gasteiger partial charge in [-0.2, -0.15) is 0 Å². The number of nitrogens with one attached hydrogen (secondary N) is 2. The zero-order valence-electron chi connectivity index (χ0n) is 13.9. The van der Waals surface area contributed by atoms with Crippen LogP contribution in [0.5, 0.6) is 0 Å². The van der Waals surface area contributed by atoms with Gasteiger partial charge in [-0.3, -0.25) is 10.1 Å². The summed E-state index contributed by atoms with van der Waals surface area (Å²) in [4.78, 5) is 11.1. The number of hydrogen-bond acceptors (Lipinski definition) is 4. The number of nitro benzene ring substituents is 1. The van der Waals surface area contributed by atoms with Crippen molar-refractivity contribution in [1.29, 1.82) is 0 Å². The molecule has 118 valence electrons. The third-order valence-corrected chi connectivity index (χ3v) is 3.03. The Kier molecular flexibility index (Phi) is 5.20. The first-order chi connectivity index (χ1) is 9.56. The number of hydrogen-bond donors (Lipinski definition) is 2. The molecule has 0 heterocycles. The number of anilines is 2. The number of benzene rings is 1. The maximum atomic E-state index is 11.4. The lowest BCUT2D eigenvalue weighted by Crippen LogP contribution is -2.35. The molecule has 0 fully saturated rings. The summed E-state index contributed by atoms with van der Waals surface area (Å²) in [5, 5.41) is 17.8. The largest absolute Gasteiger partial charge is 0.380 e. The molecule has 0 aliphatic carbocycles. The molecule has 5 heteroatoms. The van der Waals surface area contributed by atoms with E-state index in [-0.39, 0.29) is 21.6 Å². The average molecular weight is 293 g/mol. The van der Waals surface area contributed by atoms with Gasteiger partial charge in [0.05, 0.1) is 4.92 Å². The molecule has 0 saturated heterocycles. The summed E-state index contributed by atoms with van der Waals surface area (Å²) in [6.07, 6.45) is 0.905. The summed E-state index contributed by atoms with van der Waals surface area (Å²) in [7, 11) is 0. The van der Waals surface area contributed by atoms with E-state index < -0.39 is 0 Å². The van der Waals surface area contributed by atoms with Gasteiger partial charge in [-0.1, -0.05) is 26.8 Å². The van der Waals surface area contributed by atoms with E-state index >= 15 is 0 Å². The summed E-state index contributed by atoms with van der Waals surface area (Å²) >= 11 is 0. The highest BCUT2D eigenvalue weighted by atomic mass is 16.6. The fourth-order valence-corrected chi connectivity index (χ4v) is 2.91. The van der Waals surface area contributed by atoms with Crippen LogP contribution in [-0.2, 0) is 0 Å². The SMILES string of the molecule is CCNc1cccc(NC(C)(C)CC(C)(C)C)c1[N+](=O)[O-]. The minimum absolute atomic E-state index is 0.112. The summed E-state index contributed by atoms with van der Waals surface area (Å²) in [5.41, 5.74) is 1.14. The van der Waals surface area contributed by atoms with Crippen LogP contribution in [0.25, 0.3) is 0 Å². The van der Waals surface area contributed by atoms with Crippen LogP contribution in [0.1, 0.15) is 48.0 Å². The molecular weight excluding hydrogens is 266 g/mol. The third-order valence-electron chi connectivity index (χ3n) is 3.03. The van der Waals surface area contributed by atoms with Crippen molar-refractivity contribution < 1.29 is 4.92 Å². The van der Waals surface area contributed by atoms with Crippen LogP contribution in [0.4, 0.5) is 17.1 Å². The van der Waals surface area contributed by atoms with Crippen LogP contribution >= 0.6 is 0 Å². The molecule has 0 spiro atoms. The van der Waals surface area contributed by atoms with Crippen molar-refractivity contribution >= 4 is 17.1 Å². The highest BCUT2D eigenvalue weighted by Crippen LogP contribution is 2.37. The Morgan fingerprint density at radius 3 is 2.19 bits per heavy atom. The van der Waals surface area contributed by atoms with E-state index in [1.165, 1.54) is 0 Å². The summed E-state index contributed by atoms with van der Waals surface area (Å²) in [6.45, 7) is 13.2. The number of nitro groups is 1. The lowest BCUT2D eigenvalue weighted by atomic mass is 9.81. The Labute approximate surface area is 127 Å². The Bertz CT molecular complexity index is 505. The molecule has 0 aliphatic rings. The Balaban J connectivity index is 3.13. The molecule has 0 bridgehead atoms. The fourth-order valence-electron chi connectivity index (χ4n) is 2.91. The van der Waals surface area contributed by atoms with Gasteiger partial charge >= 0.3 is 5.69 Å². The van der Waals surface area contributed by atoms with Crippen molar-refractivity contribution in [3.8, 4) is 0 Å². The molecule has 5 nitrogen and oxygen atoms in total. The predicted molar refractivity (Wildman–Crippen MR) is 89.0 cm³/mol. The maximum Gasteiger partial charge on any atom is 0.315 e. The molecule has 0 unspecified atom stereocenters. The zero-order chi connectivity index (χ0) is 16.3. The zero-order valence-corrected chi connectivity index (χ0v) is 13.9. The molecule has 1 aromatic carbocycles. The second-order valence-electron chi connectivity index (χ2n) is 7.24. The molecule has 1 rings (SSSR count). The molecule has 21 heavy (non-hydrogen) atoms.